The molecule has 2 aromatic carbocycles. The second kappa shape index (κ2) is 8.16. The Bertz CT molecular complexity index is 1470. The summed E-state index contributed by atoms with van der Waals surface area (Å²) in [7, 11) is 0. The number of anilines is 2. The molecule has 0 amide bonds. The Hall–Kier alpha value is -3.44. The minimum Gasteiger partial charge on any atom is -0.324 e. The van der Waals surface area contributed by atoms with Gasteiger partial charge in [-0.2, -0.15) is 5.26 Å². The number of nitrogens with one attached hydrogen (secondary N) is 2. The van der Waals surface area contributed by atoms with Crippen molar-refractivity contribution in [3.8, 4) is 11.8 Å². The number of benzene rings is 2. The summed E-state index contributed by atoms with van der Waals surface area (Å²) in [5, 5.41) is 17.0. The van der Waals surface area contributed by atoms with Crippen LogP contribution < -0.4 is 16.2 Å². The third kappa shape index (κ3) is 3.72. The van der Waals surface area contributed by atoms with Crippen LogP contribution in [0.3, 0.4) is 0 Å². The molecule has 164 valence electrons. The van der Waals surface area contributed by atoms with E-state index in [-0.39, 0.29) is 27.8 Å². The number of para-hydroxylation sites is 1. The normalized spacial score (nSPS) is 14.5. The van der Waals surface area contributed by atoms with Gasteiger partial charge in [-0.25, -0.2) is 9.97 Å². The maximum atomic E-state index is 13.2. The predicted molar refractivity (Wildman–Crippen MR) is 130 cm³/mol. The Balaban J connectivity index is 1.53. The third-order valence-electron chi connectivity index (χ3n) is 5.92. The number of hydrogen-bond donors (Lipinski definition) is 2. The first-order valence-corrected chi connectivity index (χ1v) is 11.0. The number of hydrogen-bond acceptors (Lipinski definition) is 6. The van der Waals surface area contributed by atoms with Crippen LogP contribution in [-0.2, 0) is 5.41 Å². The van der Waals surface area contributed by atoms with Crippen molar-refractivity contribution in [1.29, 1.82) is 5.26 Å². The van der Waals surface area contributed by atoms with Crippen molar-refractivity contribution in [2.45, 2.75) is 12.3 Å². The topological polar surface area (TPSA) is 95.6 Å². The molecule has 0 bridgehead atoms. The van der Waals surface area contributed by atoms with Crippen molar-refractivity contribution in [2.75, 3.05) is 18.4 Å². The molecule has 5 rings (SSSR count). The predicted octanol–water partition coefficient (Wildman–Crippen LogP) is 4.56. The number of aromatic nitrogens is 3. The summed E-state index contributed by atoms with van der Waals surface area (Å²) in [5.74, 6) is 0.288. The van der Waals surface area contributed by atoms with Gasteiger partial charge in [-0.1, -0.05) is 48.3 Å². The molecule has 3 heterocycles. The van der Waals surface area contributed by atoms with Crippen molar-refractivity contribution in [3.63, 3.8) is 0 Å². The average molecular weight is 477 g/mol. The standard InChI is InChI=1S/C24H18Cl2N6O/c1-24(12-28-13-24)15-5-7-16(8-6-15)30-23-29-10-17-20(31-23)14(9-27)11-32(22(17)33)21-18(25)3-2-4-19(21)26/h2-8,10-11,28H,12-13H2,1H3,(H,29,30,31). The highest BCUT2D eigenvalue weighted by Crippen LogP contribution is 2.30. The Kier molecular flexibility index (Phi) is 5.29. The lowest BCUT2D eigenvalue weighted by Crippen LogP contribution is -2.54. The first-order chi connectivity index (χ1) is 15.9. The summed E-state index contributed by atoms with van der Waals surface area (Å²) < 4.78 is 1.26. The van der Waals surface area contributed by atoms with E-state index in [9.17, 15) is 10.1 Å². The van der Waals surface area contributed by atoms with Crippen molar-refractivity contribution >= 4 is 45.7 Å². The molecule has 1 fully saturated rings. The minimum absolute atomic E-state index is 0.157. The van der Waals surface area contributed by atoms with E-state index in [1.807, 2.05) is 12.1 Å². The number of fused-ring (bicyclic) bond motifs is 1. The summed E-state index contributed by atoms with van der Waals surface area (Å²) in [5.41, 5.74) is 2.57. The lowest BCUT2D eigenvalue weighted by atomic mass is 9.77. The molecule has 7 nitrogen and oxygen atoms in total. The van der Waals surface area contributed by atoms with Gasteiger partial charge in [0, 0.05) is 36.6 Å². The Morgan fingerprint density at radius 1 is 1.15 bits per heavy atom. The summed E-state index contributed by atoms with van der Waals surface area (Å²) in [6.45, 7) is 4.15. The number of nitrogens with zero attached hydrogens (tertiary/aromatic N) is 4. The Labute approximate surface area is 199 Å². The maximum Gasteiger partial charge on any atom is 0.266 e. The second-order valence-corrected chi connectivity index (χ2v) is 9.04. The van der Waals surface area contributed by atoms with E-state index in [1.54, 1.807) is 18.2 Å². The molecule has 33 heavy (non-hydrogen) atoms. The number of pyridine rings is 1. The first-order valence-electron chi connectivity index (χ1n) is 10.2. The van der Waals surface area contributed by atoms with Gasteiger partial charge >= 0.3 is 0 Å². The van der Waals surface area contributed by atoms with E-state index >= 15 is 0 Å². The quantitative estimate of drug-likeness (QED) is 0.448. The second-order valence-electron chi connectivity index (χ2n) is 8.22. The van der Waals surface area contributed by atoms with Crippen LogP contribution in [0.25, 0.3) is 16.6 Å². The zero-order valence-electron chi connectivity index (χ0n) is 17.6. The maximum absolute atomic E-state index is 13.2. The van der Waals surface area contributed by atoms with E-state index in [0.717, 1.165) is 18.8 Å². The number of halogens is 2. The van der Waals surface area contributed by atoms with Gasteiger partial charge < -0.3 is 10.6 Å². The molecule has 1 saturated heterocycles. The smallest absolute Gasteiger partial charge is 0.266 e. The van der Waals surface area contributed by atoms with E-state index in [0.29, 0.717) is 15.7 Å². The fourth-order valence-corrected chi connectivity index (χ4v) is 4.52. The highest BCUT2D eigenvalue weighted by molar-refractivity contribution is 6.37. The molecular formula is C24H18Cl2N6O. The van der Waals surface area contributed by atoms with Crippen LogP contribution in [-0.4, -0.2) is 27.6 Å². The van der Waals surface area contributed by atoms with Gasteiger partial charge in [0.05, 0.1) is 26.7 Å². The largest absolute Gasteiger partial charge is 0.324 e. The molecule has 0 radical (unpaired) electrons. The van der Waals surface area contributed by atoms with Crippen LogP contribution in [0.4, 0.5) is 11.6 Å². The lowest BCUT2D eigenvalue weighted by molar-refractivity contribution is 0.305. The van der Waals surface area contributed by atoms with Gasteiger partial charge in [0.15, 0.2) is 0 Å². The highest BCUT2D eigenvalue weighted by Gasteiger charge is 2.33. The van der Waals surface area contributed by atoms with Crippen LogP contribution in [0.15, 0.2) is 59.7 Å². The molecule has 9 heteroatoms. The average Bonchev–Trinajstić information content (AvgIpc) is 2.79. The molecule has 0 unspecified atom stereocenters. The molecule has 0 saturated carbocycles. The molecule has 4 aromatic rings. The fraction of sp³-hybridized carbons (Fsp3) is 0.167. The summed E-state index contributed by atoms with van der Waals surface area (Å²) in [6.07, 6.45) is 2.81. The van der Waals surface area contributed by atoms with Crippen LogP contribution >= 0.6 is 23.2 Å². The SMILES string of the molecule is CC1(c2ccc(Nc3ncc4c(=O)n(-c5c(Cl)cccc5Cl)cc(C#N)c4n3)cc2)CNC1. The first kappa shape index (κ1) is 21.4. The molecule has 2 aromatic heterocycles. The summed E-state index contributed by atoms with van der Waals surface area (Å²) in [4.78, 5) is 21.9. The molecule has 0 atom stereocenters. The third-order valence-corrected chi connectivity index (χ3v) is 6.53. The lowest BCUT2D eigenvalue weighted by Gasteiger charge is -2.40. The van der Waals surface area contributed by atoms with Gasteiger partial charge in [0.25, 0.3) is 5.56 Å². The fourth-order valence-electron chi connectivity index (χ4n) is 3.94. The minimum atomic E-state index is -0.419. The Morgan fingerprint density at radius 3 is 2.45 bits per heavy atom. The van der Waals surface area contributed by atoms with Crippen molar-refractivity contribution in [1.82, 2.24) is 19.9 Å². The Morgan fingerprint density at radius 2 is 1.85 bits per heavy atom. The van der Waals surface area contributed by atoms with Gasteiger partial charge in [-0.05, 0) is 29.8 Å². The summed E-state index contributed by atoms with van der Waals surface area (Å²) >= 11 is 12.6. The monoisotopic (exact) mass is 476 g/mol. The highest BCUT2D eigenvalue weighted by atomic mass is 35.5. The zero-order valence-corrected chi connectivity index (χ0v) is 19.1. The van der Waals surface area contributed by atoms with Gasteiger partial charge in [-0.15, -0.1) is 0 Å². The van der Waals surface area contributed by atoms with Gasteiger partial charge in [0.2, 0.25) is 5.95 Å². The van der Waals surface area contributed by atoms with Crippen molar-refractivity contribution in [2.24, 2.45) is 0 Å². The van der Waals surface area contributed by atoms with Crippen molar-refractivity contribution < 1.29 is 0 Å². The molecule has 0 spiro atoms. The van der Waals surface area contributed by atoms with E-state index in [2.05, 4.69) is 45.7 Å². The van der Waals surface area contributed by atoms with Crippen LogP contribution in [0.2, 0.25) is 10.0 Å². The van der Waals surface area contributed by atoms with E-state index in [4.69, 9.17) is 23.2 Å². The molecule has 2 N–H and O–H groups in total. The number of rotatable bonds is 4. The molecule has 0 aliphatic carbocycles. The van der Waals surface area contributed by atoms with Gasteiger partial charge in [-0.3, -0.25) is 9.36 Å². The van der Waals surface area contributed by atoms with Crippen molar-refractivity contribution in [3.05, 3.63) is 86.4 Å². The van der Waals surface area contributed by atoms with E-state index in [1.165, 1.54) is 22.5 Å². The zero-order chi connectivity index (χ0) is 23.2. The van der Waals surface area contributed by atoms with Crippen LogP contribution in [0.5, 0.6) is 0 Å². The summed E-state index contributed by atoms with van der Waals surface area (Å²) in [6, 6.07) is 15.1. The molecule has 1 aliphatic rings. The molecular weight excluding hydrogens is 459 g/mol. The van der Waals surface area contributed by atoms with Crippen LogP contribution in [0.1, 0.15) is 18.1 Å². The van der Waals surface area contributed by atoms with E-state index < -0.39 is 5.56 Å². The molecule has 1 aliphatic heterocycles. The van der Waals surface area contributed by atoms with Crippen LogP contribution in [0, 0.1) is 11.3 Å². The number of nitriles is 1. The van der Waals surface area contributed by atoms with Gasteiger partial charge in [0.1, 0.15) is 11.6 Å².